The van der Waals surface area contributed by atoms with E-state index >= 15 is 0 Å². The van der Waals surface area contributed by atoms with Gasteiger partial charge in [-0.25, -0.2) is 0 Å². The van der Waals surface area contributed by atoms with Gasteiger partial charge in [-0.3, -0.25) is 0 Å². The first kappa shape index (κ1) is 12.2. The van der Waals surface area contributed by atoms with Gasteiger partial charge in [-0.15, -0.1) is 0 Å². The molecular weight excluding hydrogens is 212 g/mol. The number of anilines is 1. The van der Waals surface area contributed by atoms with E-state index in [1.54, 1.807) is 7.11 Å². The standard InChI is InChI=1S/C14H22N2O/c1-11-8-14(9-11,10-15)16(2)12-5-4-6-13(7-12)17-3/h4-7,11H,8-10,15H2,1-3H3. The minimum atomic E-state index is 0.145. The first-order chi connectivity index (χ1) is 8.11. The third-order valence-electron chi connectivity index (χ3n) is 3.99. The highest BCUT2D eigenvalue weighted by Crippen LogP contribution is 2.43. The number of rotatable bonds is 4. The van der Waals surface area contributed by atoms with Crippen molar-refractivity contribution in [2.45, 2.75) is 25.3 Å². The molecule has 94 valence electrons. The maximum atomic E-state index is 5.97. The van der Waals surface area contributed by atoms with Crippen LogP contribution >= 0.6 is 0 Å². The molecule has 0 radical (unpaired) electrons. The van der Waals surface area contributed by atoms with Crippen molar-refractivity contribution in [3.63, 3.8) is 0 Å². The summed E-state index contributed by atoms with van der Waals surface area (Å²) in [5.74, 6) is 1.68. The Morgan fingerprint density at radius 2 is 2.18 bits per heavy atom. The molecule has 1 saturated carbocycles. The number of likely N-dealkylation sites (N-methyl/N-ethyl adjacent to an activating group) is 1. The van der Waals surface area contributed by atoms with Crippen LogP contribution in [-0.4, -0.2) is 26.2 Å². The summed E-state index contributed by atoms with van der Waals surface area (Å²) < 4.78 is 5.27. The number of nitrogens with zero attached hydrogens (tertiary/aromatic N) is 1. The fourth-order valence-electron chi connectivity index (χ4n) is 2.91. The molecule has 0 amide bonds. The van der Waals surface area contributed by atoms with Crippen LogP contribution in [0.3, 0.4) is 0 Å². The Bertz CT molecular complexity index is 386. The van der Waals surface area contributed by atoms with E-state index in [1.165, 1.54) is 18.5 Å². The second-order valence-electron chi connectivity index (χ2n) is 5.20. The fraction of sp³-hybridized carbons (Fsp3) is 0.571. The van der Waals surface area contributed by atoms with E-state index in [1.807, 2.05) is 12.1 Å². The molecule has 3 nitrogen and oxygen atoms in total. The topological polar surface area (TPSA) is 38.5 Å². The van der Waals surface area contributed by atoms with Crippen molar-refractivity contribution in [1.29, 1.82) is 0 Å². The average molecular weight is 234 g/mol. The molecule has 0 spiro atoms. The molecule has 1 aliphatic rings. The molecule has 0 heterocycles. The zero-order valence-electron chi connectivity index (χ0n) is 10.9. The molecule has 0 unspecified atom stereocenters. The van der Waals surface area contributed by atoms with Gasteiger partial charge in [0.2, 0.25) is 0 Å². The predicted molar refractivity (Wildman–Crippen MR) is 71.6 cm³/mol. The van der Waals surface area contributed by atoms with Crippen molar-refractivity contribution in [2.75, 3.05) is 25.6 Å². The average Bonchev–Trinajstić information content (AvgIpc) is 2.34. The Morgan fingerprint density at radius 3 is 2.71 bits per heavy atom. The summed E-state index contributed by atoms with van der Waals surface area (Å²) in [7, 11) is 3.83. The summed E-state index contributed by atoms with van der Waals surface area (Å²) in [5, 5.41) is 0. The molecule has 17 heavy (non-hydrogen) atoms. The van der Waals surface area contributed by atoms with Crippen molar-refractivity contribution in [1.82, 2.24) is 0 Å². The van der Waals surface area contributed by atoms with Crippen LogP contribution in [0.25, 0.3) is 0 Å². The maximum absolute atomic E-state index is 5.97. The SMILES string of the molecule is COc1cccc(N(C)C2(CN)CC(C)C2)c1. The van der Waals surface area contributed by atoms with Gasteiger partial charge < -0.3 is 15.4 Å². The van der Waals surface area contributed by atoms with Crippen molar-refractivity contribution in [2.24, 2.45) is 11.7 Å². The molecule has 1 fully saturated rings. The molecule has 0 aromatic heterocycles. The van der Waals surface area contributed by atoms with E-state index in [9.17, 15) is 0 Å². The smallest absolute Gasteiger partial charge is 0.120 e. The molecule has 1 aliphatic carbocycles. The van der Waals surface area contributed by atoms with E-state index in [-0.39, 0.29) is 5.54 Å². The van der Waals surface area contributed by atoms with Crippen LogP contribution in [0.4, 0.5) is 5.69 Å². The largest absolute Gasteiger partial charge is 0.497 e. The maximum Gasteiger partial charge on any atom is 0.120 e. The van der Waals surface area contributed by atoms with E-state index in [4.69, 9.17) is 10.5 Å². The lowest BCUT2D eigenvalue weighted by Gasteiger charge is -2.53. The summed E-state index contributed by atoms with van der Waals surface area (Å²) >= 11 is 0. The monoisotopic (exact) mass is 234 g/mol. The number of nitrogens with two attached hydrogens (primary N) is 1. The lowest BCUT2D eigenvalue weighted by molar-refractivity contribution is 0.163. The van der Waals surface area contributed by atoms with Crippen LogP contribution in [0.1, 0.15) is 19.8 Å². The number of benzene rings is 1. The highest BCUT2D eigenvalue weighted by atomic mass is 16.5. The summed E-state index contributed by atoms with van der Waals surface area (Å²) in [5.41, 5.74) is 7.29. The molecule has 0 aliphatic heterocycles. The zero-order valence-corrected chi connectivity index (χ0v) is 10.9. The van der Waals surface area contributed by atoms with Gasteiger partial charge in [-0.1, -0.05) is 13.0 Å². The van der Waals surface area contributed by atoms with Crippen LogP contribution in [0, 0.1) is 5.92 Å². The second kappa shape index (κ2) is 4.57. The highest BCUT2D eigenvalue weighted by Gasteiger charge is 2.44. The summed E-state index contributed by atoms with van der Waals surface area (Å²) in [4.78, 5) is 2.32. The minimum Gasteiger partial charge on any atom is -0.497 e. The van der Waals surface area contributed by atoms with Crippen LogP contribution < -0.4 is 15.4 Å². The first-order valence-corrected chi connectivity index (χ1v) is 6.19. The molecule has 2 N–H and O–H groups in total. The van der Waals surface area contributed by atoms with Crippen molar-refractivity contribution in [3.05, 3.63) is 24.3 Å². The Hall–Kier alpha value is -1.22. The van der Waals surface area contributed by atoms with Gasteiger partial charge in [0, 0.05) is 25.3 Å². The molecule has 0 atom stereocenters. The molecule has 0 saturated heterocycles. The van der Waals surface area contributed by atoms with Crippen LogP contribution in [0.5, 0.6) is 5.75 Å². The lowest BCUT2D eigenvalue weighted by Crippen LogP contribution is -2.60. The number of hydrogen-bond acceptors (Lipinski definition) is 3. The third-order valence-corrected chi connectivity index (χ3v) is 3.99. The van der Waals surface area contributed by atoms with Crippen LogP contribution in [0.2, 0.25) is 0 Å². The van der Waals surface area contributed by atoms with Crippen LogP contribution in [0.15, 0.2) is 24.3 Å². The van der Waals surface area contributed by atoms with Gasteiger partial charge in [0.15, 0.2) is 0 Å². The fourth-order valence-corrected chi connectivity index (χ4v) is 2.91. The number of ether oxygens (including phenoxy) is 1. The number of hydrogen-bond donors (Lipinski definition) is 1. The number of methoxy groups -OCH3 is 1. The van der Waals surface area contributed by atoms with E-state index in [2.05, 4.69) is 31.0 Å². The molecule has 1 aromatic carbocycles. The van der Waals surface area contributed by atoms with Gasteiger partial charge in [0.25, 0.3) is 0 Å². The van der Waals surface area contributed by atoms with Gasteiger partial charge >= 0.3 is 0 Å². The molecule has 3 heteroatoms. The quantitative estimate of drug-likeness (QED) is 0.868. The van der Waals surface area contributed by atoms with Crippen molar-refractivity contribution in [3.8, 4) is 5.75 Å². The third kappa shape index (κ3) is 2.12. The Kier molecular flexibility index (Phi) is 3.29. The Labute approximate surface area is 104 Å². The second-order valence-corrected chi connectivity index (χ2v) is 5.20. The molecule has 1 aromatic rings. The minimum absolute atomic E-state index is 0.145. The van der Waals surface area contributed by atoms with E-state index < -0.39 is 0 Å². The first-order valence-electron chi connectivity index (χ1n) is 6.19. The van der Waals surface area contributed by atoms with Gasteiger partial charge in [0.1, 0.15) is 5.75 Å². The normalized spacial score (nSPS) is 27.4. The molecule has 2 rings (SSSR count). The summed E-state index contributed by atoms with van der Waals surface area (Å²) in [6.07, 6.45) is 2.36. The van der Waals surface area contributed by atoms with Crippen molar-refractivity contribution < 1.29 is 4.74 Å². The lowest BCUT2D eigenvalue weighted by atomic mass is 9.68. The van der Waals surface area contributed by atoms with Gasteiger partial charge in [0.05, 0.1) is 12.6 Å². The van der Waals surface area contributed by atoms with E-state index in [0.29, 0.717) is 6.54 Å². The summed E-state index contributed by atoms with van der Waals surface area (Å²) in [6.45, 7) is 3.00. The predicted octanol–water partition coefficient (Wildman–Crippen LogP) is 2.26. The Morgan fingerprint density at radius 1 is 1.47 bits per heavy atom. The molecule has 0 bridgehead atoms. The van der Waals surface area contributed by atoms with E-state index in [0.717, 1.165) is 11.7 Å². The van der Waals surface area contributed by atoms with Gasteiger partial charge in [-0.2, -0.15) is 0 Å². The highest BCUT2D eigenvalue weighted by molar-refractivity contribution is 5.53. The van der Waals surface area contributed by atoms with Crippen molar-refractivity contribution >= 4 is 5.69 Å². The zero-order chi connectivity index (χ0) is 12.5. The summed E-state index contributed by atoms with van der Waals surface area (Å²) in [6, 6.07) is 8.18. The Balaban J connectivity index is 2.20. The molecular formula is C14H22N2O. The van der Waals surface area contributed by atoms with Crippen LogP contribution in [-0.2, 0) is 0 Å². The van der Waals surface area contributed by atoms with Gasteiger partial charge in [-0.05, 0) is 30.9 Å².